The van der Waals surface area contributed by atoms with E-state index >= 15 is 0 Å². The first-order valence-electron chi connectivity index (χ1n) is 5.57. The lowest BCUT2D eigenvalue weighted by Gasteiger charge is -2.32. The molecular weight excluding hydrogens is 184 g/mol. The lowest BCUT2D eigenvalue weighted by atomic mass is 9.85. The molecule has 0 aromatic heterocycles. The van der Waals surface area contributed by atoms with E-state index in [9.17, 15) is 0 Å². The van der Waals surface area contributed by atoms with Crippen molar-refractivity contribution in [2.75, 3.05) is 18.0 Å². The first-order valence-corrected chi connectivity index (χ1v) is 5.57. The number of para-hydroxylation sites is 1. The second kappa shape index (κ2) is 4.84. The van der Waals surface area contributed by atoms with E-state index in [1.165, 1.54) is 24.9 Å². The average molecular weight is 200 g/mol. The van der Waals surface area contributed by atoms with Gasteiger partial charge in [0.15, 0.2) is 0 Å². The Labute approximate surface area is 91.1 Å². The van der Waals surface area contributed by atoms with Crippen molar-refractivity contribution in [3.8, 4) is 6.07 Å². The smallest absolute Gasteiger partial charge is 0.105 e. The molecule has 0 radical (unpaired) electrons. The van der Waals surface area contributed by atoms with Gasteiger partial charge in [0.2, 0.25) is 0 Å². The summed E-state index contributed by atoms with van der Waals surface area (Å²) in [4.78, 5) is 2.18. The predicted molar refractivity (Wildman–Crippen MR) is 61.6 cm³/mol. The quantitative estimate of drug-likeness (QED) is 0.699. The van der Waals surface area contributed by atoms with Crippen LogP contribution < -0.4 is 4.90 Å². The minimum atomic E-state index is 0.501. The SMILES string of the molecule is N#CCN(CC1CCC1)c1ccccc1. The number of nitriles is 1. The highest BCUT2D eigenvalue weighted by molar-refractivity contribution is 5.46. The van der Waals surface area contributed by atoms with Crippen LogP contribution in [-0.4, -0.2) is 13.1 Å². The first-order chi connectivity index (χ1) is 7.40. The van der Waals surface area contributed by atoms with Gasteiger partial charge in [-0.2, -0.15) is 5.26 Å². The monoisotopic (exact) mass is 200 g/mol. The van der Waals surface area contributed by atoms with Gasteiger partial charge in [-0.15, -0.1) is 0 Å². The number of nitrogens with zero attached hydrogens (tertiary/aromatic N) is 2. The minimum Gasteiger partial charge on any atom is -0.358 e. The maximum atomic E-state index is 8.81. The van der Waals surface area contributed by atoms with Gasteiger partial charge in [0.1, 0.15) is 6.54 Å². The van der Waals surface area contributed by atoms with Gasteiger partial charge in [-0.3, -0.25) is 0 Å². The van der Waals surface area contributed by atoms with Crippen LogP contribution in [0, 0.1) is 17.2 Å². The Morgan fingerprint density at radius 1 is 1.27 bits per heavy atom. The summed E-state index contributed by atoms with van der Waals surface area (Å²) in [6.07, 6.45) is 4.02. The van der Waals surface area contributed by atoms with Gasteiger partial charge < -0.3 is 4.90 Å². The fraction of sp³-hybridized carbons (Fsp3) is 0.462. The maximum absolute atomic E-state index is 8.81. The maximum Gasteiger partial charge on any atom is 0.105 e. The van der Waals surface area contributed by atoms with Crippen LogP contribution in [-0.2, 0) is 0 Å². The van der Waals surface area contributed by atoms with E-state index < -0.39 is 0 Å². The Bertz CT molecular complexity index is 335. The molecule has 0 spiro atoms. The van der Waals surface area contributed by atoms with Gasteiger partial charge in [-0.05, 0) is 30.9 Å². The Kier molecular flexibility index (Phi) is 3.24. The molecule has 0 amide bonds. The molecule has 2 nitrogen and oxygen atoms in total. The summed E-state index contributed by atoms with van der Waals surface area (Å²) in [5.74, 6) is 0.804. The molecule has 1 aliphatic carbocycles. The van der Waals surface area contributed by atoms with Crippen LogP contribution in [0.5, 0.6) is 0 Å². The van der Waals surface area contributed by atoms with Crippen LogP contribution >= 0.6 is 0 Å². The van der Waals surface area contributed by atoms with Crippen molar-refractivity contribution in [3.05, 3.63) is 30.3 Å². The summed E-state index contributed by atoms with van der Waals surface area (Å²) in [6, 6.07) is 12.5. The highest BCUT2D eigenvalue weighted by Gasteiger charge is 2.20. The molecule has 78 valence electrons. The number of anilines is 1. The number of rotatable bonds is 4. The normalized spacial score (nSPS) is 15.4. The van der Waals surface area contributed by atoms with E-state index in [2.05, 4.69) is 23.1 Å². The summed E-state index contributed by atoms with van der Waals surface area (Å²) in [5.41, 5.74) is 1.17. The zero-order chi connectivity index (χ0) is 10.5. The van der Waals surface area contributed by atoms with Crippen molar-refractivity contribution in [3.63, 3.8) is 0 Å². The van der Waals surface area contributed by atoms with Crippen LogP contribution in [0.3, 0.4) is 0 Å². The lowest BCUT2D eigenvalue weighted by molar-refractivity contribution is 0.320. The topological polar surface area (TPSA) is 27.0 Å². The largest absolute Gasteiger partial charge is 0.358 e. The molecular formula is C13H16N2. The highest BCUT2D eigenvalue weighted by atomic mass is 15.1. The molecule has 2 heteroatoms. The van der Waals surface area contributed by atoms with Gasteiger partial charge in [0.25, 0.3) is 0 Å². The Balaban J connectivity index is 2.02. The van der Waals surface area contributed by atoms with Crippen molar-refractivity contribution in [2.45, 2.75) is 19.3 Å². The van der Waals surface area contributed by atoms with Gasteiger partial charge in [-0.25, -0.2) is 0 Å². The number of hydrogen-bond donors (Lipinski definition) is 0. The molecule has 1 aliphatic rings. The Morgan fingerprint density at radius 3 is 2.53 bits per heavy atom. The fourth-order valence-corrected chi connectivity index (χ4v) is 1.97. The van der Waals surface area contributed by atoms with Crippen molar-refractivity contribution in [1.82, 2.24) is 0 Å². The van der Waals surface area contributed by atoms with E-state index in [-0.39, 0.29) is 0 Å². The predicted octanol–water partition coefficient (Wildman–Crippen LogP) is 2.82. The second-order valence-corrected chi connectivity index (χ2v) is 4.17. The Hall–Kier alpha value is -1.49. The fourth-order valence-electron chi connectivity index (χ4n) is 1.97. The van der Waals surface area contributed by atoms with E-state index in [1.807, 2.05) is 18.2 Å². The molecule has 0 aliphatic heterocycles. The second-order valence-electron chi connectivity index (χ2n) is 4.17. The summed E-state index contributed by atoms with van der Waals surface area (Å²) >= 11 is 0. The third-order valence-electron chi connectivity index (χ3n) is 3.09. The first kappa shape index (κ1) is 10.0. The molecule has 0 N–H and O–H groups in total. The molecule has 0 unspecified atom stereocenters. The van der Waals surface area contributed by atoms with Crippen molar-refractivity contribution < 1.29 is 0 Å². The van der Waals surface area contributed by atoms with E-state index in [0.29, 0.717) is 6.54 Å². The van der Waals surface area contributed by atoms with Crippen LogP contribution in [0.4, 0.5) is 5.69 Å². The van der Waals surface area contributed by atoms with Crippen molar-refractivity contribution in [1.29, 1.82) is 5.26 Å². The third-order valence-corrected chi connectivity index (χ3v) is 3.09. The molecule has 0 saturated heterocycles. The zero-order valence-corrected chi connectivity index (χ0v) is 8.89. The van der Waals surface area contributed by atoms with E-state index in [0.717, 1.165) is 12.5 Å². The standard InChI is InChI=1S/C13H16N2/c14-9-10-15(11-12-5-4-6-12)13-7-2-1-3-8-13/h1-3,7-8,12H,4-6,10-11H2. The summed E-state index contributed by atoms with van der Waals surface area (Å²) in [5, 5.41) is 8.81. The molecule has 15 heavy (non-hydrogen) atoms. The summed E-state index contributed by atoms with van der Waals surface area (Å²) in [7, 11) is 0. The molecule has 0 heterocycles. The van der Waals surface area contributed by atoms with Gasteiger partial charge in [0.05, 0.1) is 6.07 Å². The minimum absolute atomic E-state index is 0.501. The molecule has 1 saturated carbocycles. The summed E-state index contributed by atoms with van der Waals surface area (Å²) < 4.78 is 0. The molecule has 1 aromatic carbocycles. The van der Waals surface area contributed by atoms with Gasteiger partial charge >= 0.3 is 0 Å². The van der Waals surface area contributed by atoms with Crippen LogP contribution in [0.1, 0.15) is 19.3 Å². The van der Waals surface area contributed by atoms with Crippen LogP contribution in [0.15, 0.2) is 30.3 Å². The average Bonchev–Trinajstić information content (AvgIpc) is 2.23. The third kappa shape index (κ3) is 2.50. The zero-order valence-electron chi connectivity index (χ0n) is 8.89. The highest BCUT2D eigenvalue weighted by Crippen LogP contribution is 2.28. The molecule has 1 aromatic rings. The number of hydrogen-bond acceptors (Lipinski definition) is 2. The molecule has 2 rings (SSSR count). The van der Waals surface area contributed by atoms with Crippen LogP contribution in [0.2, 0.25) is 0 Å². The van der Waals surface area contributed by atoms with Gasteiger partial charge in [0, 0.05) is 12.2 Å². The molecule has 1 fully saturated rings. The molecule has 0 bridgehead atoms. The lowest BCUT2D eigenvalue weighted by Crippen LogP contribution is -2.32. The molecule has 0 atom stereocenters. The van der Waals surface area contributed by atoms with Crippen molar-refractivity contribution in [2.24, 2.45) is 5.92 Å². The van der Waals surface area contributed by atoms with E-state index in [4.69, 9.17) is 5.26 Å². The number of benzene rings is 1. The van der Waals surface area contributed by atoms with Gasteiger partial charge in [-0.1, -0.05) is 24.6 Å². The summed E-state index contributed by atoms with van der Waals surface area (Å²) in [6.45, 7) is 1.54. The van der Waals surface area contributed by atoms with E-state index in [1.54, 1.807) is 0 Å². The van der Waals surface area contributed by atoms with Crippen LogP contribution in [0.25, 0.3) is 0 Å². The Morgan fingerprint density at radius 2 is 2.00 bits per heavy atom. The van der Waals surface area contributed by atoms with Crippen molar-refractivity contribution >= 4 is 5.69 Å².